The molecule has 3 atom stereocenters. The first-order chi connectivity index (χ1) is 6.03. The Morgan fingerprint density at radius 3 is 2.92 bits per heavy atom. The van der Waals surface area contributed by atoms with Gasteiger partial charge in [0.05, 0.1) is 0 Å². The van der Waals surface area contributed by atoms with Crippen molar-refractivity contribution in [2.45, 2.75) is 45.2 Å². The van der Waals surface area contributed by atoms with E-state index in [1.807, 2.05) is 6.92 Å². The molecule has 3 unspecified atom stereocenters. The summed E-state index contributed by atoms with van der Waals surface area (Å²) in [7, 11) is 0. The number of ether oxygens (including phenoxy) is 1. The Kier molecular flexibility index (Phi) is 1.98. The predicted molar refractivity (Wildman–Crippen MR) is 47.8 cm³/mol. The Balaban J connectivity index is 2.31. The van der Waals surface area contributed by atoms with Crippen LogP contribution in [-0.4, -0.2) is 22.3 Å². The maximum Gasteiger partial charge on any atom is 0.192 e. The fraction of sp³-hybridized carbons (Fsp3) is 0.800. The molecule has 3 heteroatoms. The van der Waals surface area contributed by atoms with Crippen LogP contribution in [0.3, 0.4) is 0 Å². The second-order valence-corrected chi connectivity index (χ2v) is 4.26. The van der Waals surface area contributed by atoms with Crippen LogP contribution in [0.5, 0.6) is 0 Å². The highest BCUT2D eigenvalue weighted by molar-refractivity contribution is 5.28. The second kappa shape index (κ2) is 2.80. The Bertz CT molecular complexity index is 259. The van der Waals surface area contributed by atoms with Gasteiger partial charge in [-0.25, -0.2) is 0 Å². The summed E-state index contributed by atoms with van der Waals surface area (Å²) >= 11 is 0. The average molecular weight is 184 g/mol. The van der Waals surface area contributed by atoms with E-state index in [0.29, 0.717) is 12.3 Å². The molecule has 0 saturated heterocycles. The van der Waals surface area contributed by atoms with Gasteiger partial charge in [0.2, 0.25) is 0 Å². The number of fused-ring (bicyclic) bond motifs is 1. The first kappa shape index (κ1) is 9.19. The summed E-state index contributed by atoms with van der Waals surface area (Å²) in [4.78, 5) is 0. The van der Waals surface area contributed by atoms with Crippen molar-refractivity contribution in [3.8, 4) is 0 Å². The van der Waals surface area contributed by atoms with E-state index in [-0.39, 0.29) is 0 Å². The standard InChI is InChI=1S/C10H16O3/c1-6-3-4-8-7(2)9(11)13-10(8,12)5-6/h6,9,11-12H,3-5H2,1-2H3. The van der Waals surface area contributed by atoms with Crippen LogP contribution in [0.25, 0.3) is 0 Å². The van der Waals surface area contributed by atoms with Gasteiger partial charge in [-0.1, -0.05) is 6.92 Å². The van der Waals surface area contributed by atoms with Crippen LogP contribution in [0.4, 0.5) is 0 Å². The SMILES string of the molecule is CC1=C2CCC(C)CC2(O)OC1O. The Labute approximate surface area is 78.0 Å². The largest absolute Gasteiger partial charge is 0.364 e. The third-order valence-corrected chi connectivity index (χ3v) is 3.14. The van der Waals surface area contributed by atoms with Gasteiger partial charge < -0.3 is 14.9 Å². The van der Waals surface area contributed by atoms with Gasteiger partial charge in [-0.15, -0.1) is 0 Å². The molecule has 74 valence electrons. The molecule has 0 aromatic rings. The Morgan fingerprint density at radius 1 is 1.54 bits per heavy atom. The number of rotatable bonds is 0. The minimum Gasteiger partial charge on any atom is -0.364 e. The Hall–Kier alpha value is -0.380. The van der Waals surface area contributed by atoms with Crippen LogP contribution in [-0.2, 0) is 4.74 Å². The molecule has 0 aromatic heterocycles. The zero-order valence-corrected chi connectivity index (χ0v) is 8.08. The van der Waals surface area contributed by atoms with Crippen molar-refractivity contribution in [1.82, 2.24) is 0 Å². The predicted octanol–water partition coefficient (Wildman–Crippen LogP) is 1.16. The molecule has 1 heterocycles. The lowest BCUT2D eigenvalue weighted by Gasteiger charge is -2.33. The maximum atomic E-state index is 10.1. The molecule has 0 aromatic carbocycles. The zero-order chi connectivity index (χ0) is 9.64. The molecule has 0 radical (unpaired) electrons. The van der Waals surface area contributed by atoms with Crippen LogP contribution >= 0.6 is 0 Å². The summed E-state index contributed by atoms with van der Waals surface area (Å²) < 4.78 is 5.17. The lowest BCUT2D eigenvalue weighted by atomic mass is 9.81. The minimum absolute atomic E-state index is 0.465. The Morgan fingerprint density at radius 2 is 2.23 bits per heavy atom. The van der Waals surface area contributed by atoms with Gasteiger partial charge in [0.1, 0.15) is 0 Å². The van der Waals surface area contributed by atoms with Gasteiger partial charge in [-0.2, -0.15) is 0 Å². The van der Waals surface area contributed by atoms with E-state index in [4.69, 9.17) is 4.74 Å². The highest BCUT2D eigenvalue weighted by Crippen LogP contribution is 2.44. The van der Waals surface area contributed by atoms with Gasteiger partial charge in [0, 0.05) is 6.42 Å². The fourth-order valence-electron chi connectivity index (χ4n) is 2.33. The van der Waals surface area contributed by atoms with Crippen LogP contribution in [0.1, 0.15) is 33.1 Å². The van der Waals surface area contributed by atoms with Crippen molar-refractivity contribution in [2.24, 2.45) is 5.92 Å². The third-order valence-electron chi connectivity index (χ3n) is 3.14. The van der Waals surface area contributed by atoms with Gasteiger partial charge >= 0.3 is 0 Å². The molecule has 2 rings (SSSR count). The molecule has 1 aliphatic carbocycles. The molecule has 0 spiro atoms. The van der Waals surface area contributed by atoms with Gasteiger partial charge in [-0.05, 0) is 36.8 Å². The van der Waals surface area contributed by atoms with E-state index < -0.39 is 12.1 Å². The first-order valence-corrected chi connectivity index (χ1v) is 4.81. The molecule has 0 amide bonds. The number of aliphatic hydroxyl groups is 2. The van der Waals surface area contributed by atoms with E-state index in [9.17, 15) is 10.2 Å². The quantitative estimate of drug-likeness (QED) is 0.555. The summed E-state index contributed by atoms with van der Waals surface area (Å²) in [6, 6.07) is 0. The van der Waals surface area contributed by atoms with Crippen molar-refractivity contribution in [1.29, 1.82) is 0 Å². The summed E-state index contributed by atoms with van der Waals surface area (Å²) in [6.45, 7) is 3.92. The van der Waals surface area contributed by atoms with E-state index >= 15 is 0 Å². The molecule has 1 fully saturated rings. The van der Waals surface area contributed by atoms with E-state index in [1.54, 1.807) is 0 Å². The van der Waals surface area contributed by atoms with E-state index in [1.165, 1.54) is 0 Å². The monoisotopic (exact) mass is 184 g/mol. The van der Waals surface area contributed by atoms with Crippen molar-refractivity contribution < 1.29 is 14.9 Å². The molecule has 2 N–H and O–H groups in total. The maximum absolute atomic E-state index is 10.1. The molecule has 1 saturated carbocycles. The van der Waals surface area contributed by atoms with Crippen LogP contribution < -0.4 is 0 Å². The fourth-order valence-corrected chi connectivity index (χ4v) is 2.33. The summed E-state index contributed by atoms with van der Waals surface area (Å²) in [5.41, 5.74) is 1.70. The highest BCUT2D eigenvalue weighted by Gasteiger charge is 2.46. The van der Waals surface area contributed by atoms with Crippen LogP contribution in [0.2, 0.25) is 0 Å². The van der Waals surface area contributed by atoms with Gasteiger partial charge in [0.15, 0.2) is 12.1 Å². The first-order valence-electron chi connectivity index (χ1n) is 4.81. The van der Waals surface area contributed by atoms with Crippen LogP contribution in [0.15, 0.2) is 11.1 Å². The highest BCUT2D eigenvalue weighted by atomic mass is 16.7. The van der Waals surface area contributed by atoms with Gasteiger partial charge in [-0.3, -0.25) is 0 Å². The normalized spacial score (nSPS) is 45.2. The molecule has 2 aliphatic rings. The van der Waals surface area contributed by atoms with Crippen molar-refractivity contribution in [3.05, 3.63) is 11.1 Å². The molecular formula is C10H16O3. The smallest absolute Gasteiger partial charge is 0.192 e. The number of hydrogen-bond donors (Lipinski definition) is 2. The van der Waals surface area contributed by atoms with Crippen molar-refractivity contribution in [2.75, 3.05) is 0 Å². The molecule has 13 heavy (non-hydrogen) atoms. The van der Waals surface area contributed by atoms with Gasteiger partial charge in [0.25, 0.3) is 0 Å². The molecular weight excluding hydrogens is 168 g/mol. The van der Waals surface area contributed by atoms with Crippen LogP contribution in [0, 0.1) is 5.92 Å². The zero-order valence-electron chi connectivity index (χ0n) is 8.08. The molecule has 0 bridgehead atoms. The average Bonchev–Trinajstić information content (AvgIpc) is 2.22. The molecule has 1 aliphatic heterocycles. The lowest BCUT2D eigenvalue weighted by molar-refractivity contribution is -0.239. The molecule has 3 nitrogen and oxygen atoms in total. The van der Waals surface area contributed by atoms with E-state index in [0.717, 1.165) is 24.0 Å². The second-order valence-electron chi connectivity index (χ2n) is 4.26. The number of hydrogen-bond acceptors (Lipinski definition) is 3. The summed E-state index contributed by atoms with van der Waals surface area (Å²) in [6.07, 6.45) is 1.63. The number of aliphatic hydroxyl groups excluding tert-OH is 1. The third kappa shape index (κ3) is 1.31. The topological polar surface area (TPSA) is 49.7 Å². The van der Waals surface area contributed by atoms with Crippen molar-refractivity contribution >= 4 is 0 Å². The summed E-state index contributed by atoms with van der Waals surface area (Å²) in [5, 5.41) is 19.5. The van der Waals surface area contributed by atoms with E-state index in [2.05, 4.69) is 6.92 Å². The van der Waals surface area contributed by atoms with Crippen molar-refractivity contribution in [3.63, 3.8) is 0 Å². The minimum atomic E-state index is -1.17. The lowest BCUT2D eigenvalue weighted by Crippen LogP contribution is -2.37. The summed E-state index contributed by atoms with van der Waals surface area (Å²) in [5.74, 6) is -0.701.